The summed E-state index contributed by atoms with van der Waals surface area (Å²) in [5, 5.41) is 0. The van der Waals surface area contributed by atoms with Crippen molar-refractivity contribution in [3.05, 3.63) is 23.5 Å². The Labute approximate surface area is 139 Å². The van der Waals surface area contributed by atoms with E-state index in [4.69, 9.17) is 25.8 Å². The smallest absolute Gasteiger partial charge is 0.338 e. The van der Waals surface area contributed by atoms with Crippen LogP contribution in [0.4, 0.5) is 0 Å². The van der Waals surface area contributed by atoms with Crippen LogP contribution in [0.5, 0.6) is 5.75 Å². The number of rotatable bonds is 6. The summed E-state index contributed by atoms with van der Waals surface area (Å²) in [5.74, 6) is 1.17. The molecule has 0 N–H and O–H groups in total. The fraction of sp³-hybridized carbons (Fsp3) is 0.500. The van der Waals surface area contributed by atoms with Crippen molar-refractivity contribution in [1.82, 2.24) is 9.55 Å². The topological polar surface area (TPSA) is 62.6 Å². The van der Waals surface area contributed by atoms with Crippen LogP contribution < -0.4 is 4.74 Å². The Morgan fingerprint density at radius 3 is 2.87 bits per heavy atom. The van der Waals surface area contributed by atoms with Gasteiger partial charge in [0.1, 0.15) is 17.1 Å². The van der Waals surface area contributed by atoms with Crippen LogP contribution >= 0.6 is 11.6 Å². The molecule has 1 aliphatic rings. The molecule has 7 heteroatoms. The van der Waals surface area contributed by atoms with Crippen molar-refractivity contribution in [1.29, 1.82) is 0 Å². The molecule has 6 nitrogen and oxygen atoms in total. The second kappa shape index (κ2) is 6.76. The Morgan fingerprint density at radius 1 is 1.52 bits per heavy atom. The lowest BCUT2D eigenvalue weighted by atomic mass is 10.1. The molecule has 23 heavy (non-hydrogen) atoms. The minimum absolute atomic E-state index is 0.159. The predicted octanol–water partition coefficient (Wildman–Crippen LogP) is 2.75. The van der Waals surface area contributed by atoms with E-state index >= 15 is 0 Å². The van der Waals surface area contributed by atoms with Crippen LogP contribution in [-0.4, -0.2) is 41.9 Å². The van der Waals surface area contributed by atoms with Crippen LogP contribution in [-0.2, 0) is 21.9 Å². The molecule has 0 bridgehead atoms. The van der Waals surface area contributed by atoms with Crippen LogP contribution in [0.15, 0.2) is 12.1 Å². The zero-order valence-corrected chi connectivity index (χ0v) is 13.9. The van der Waals surface area contributed by atoms with Gasteiger partial charge in [-0.3, -0.25) is 0 Å². The first kappa shape index (κ1) is 16.1. The molecule has 0 radical (unpaired) electrons. The van der Waals surface area contributed by atoms with E-state index in [1.54, 1.807) is 12.1 Å². The second-order valence-corrected chi connectivity index (χ2v) is 5.59. The average molecular weight is 339 g/mol. The standard InChI is InChI=1S/C16H19ClN2O4/c1-3-22-13-7-10(16(20)21-2)6-12-15(13)18-14(8-17)19(12)9-11-4-5-23-11/h6-7,11H,3-5,8-9H2,1-2H3. The van der Waals surface area contributed by atoms with Gasteiger partial charge in [-0.1, -0.05) is 0 Å². The summed E-state index contributed by atoms with van der Waals surface area (Å²) in [6.07, 6.45) is 1.17. The van der Waals surface area contributed by atoms with Gasteiger partial charge in [0, 0.05) is 6.61 Å². The molecule has 0 amide bonds. The van der Waals surface area contributed by atoms with Crippen LogP contribution in [0.3, 0.4) is 0 Å². The number of imidazole rings is 1. The minimum Gasteiger partial charge on any atom is -0.492 e. The second-order valence-electron chi connectivity index (χ2n) is 5.32. The number of hydrogen-bond donors (Lipinski definition) is 0. The van der Waals surface area contributed by atoms with Crippen LogP contribution in [0.2, 0.25) is 0 Å². The highest BCUT2D eigenvalue weighted by molar-refractivity contribution is 6.17. The number of halogens is 1. The normalized spacial score (nSPS) is 17.1. The van der Waals surface area contributed by atoms with Gasteiger partial charge >= 0.3 is 5.97 Å². The molecule has 0 spiro atoms. The fourth-order valence-corrected chi connectivity index (χ4v) is 2.88. The van der Waals surface area contributed by atoms with Gasteiger partial charge in [0.25, 0.3) is 0 Å². The molecule has 1 atom stereocenters. The number of aromatic nitrogens is 2. The van der Waals surface area contributed by atoms with E-state index in [0.717, 1.165) is 24.4 Å². The van der Waals surface area contributed by atoms with Crippen molar-refractivity contribution in [2.24, 2.45) is 0 Å². The summed E-state index contributed by atoms with van der Waals surface area (Å²) in [6.45, 7) is 3.81. The maximum atomic E-state index is 11.9. The van der Waals surface area contributed by atoms with E-state index in [1.165, 1.54) is 7.11 Å². The summed E-state index contributed by atoms with van der Waals surface area (Å²) < 4.78 is 18.0. The number of carbonyl (C=O) groups is 1. The molecule has 1 saturated heterocycles. The van der Waals surface area contributed by atoms with E-state index < -0.39 is 5.97 Å². The highest BCUT2D eigenvalue weighted by Crippen LogP contribution is 2.30. The van der Waals surface area contributed by atoms with Gasteiger partial charge < -0.3 is 18.8 Å². The van der Waals surface area contributed by atoms with Gasteiger partial charge in [-0.2, -0.15) is 0 Å². The van der Waals surface area contributed by atoms with E-state index in [1.807, 2.05) is 11.5 Å². The van der Waals surface area contributed by atoms with Gasteiger partial charge in [0.2, 0.25) is 0 Å². The third-order valence-corrected chi connectivity index (χ3v) is 4.16. The largest absolute Gasteiger partial charge is 0.492 e. The predicted molar refractivity (Wildman–Crippen MR) is 86.2 cm³/mol. The van der Waals surface area contributed by atoms with Gasteiger partial charge in [0.05, 0.1) is 43.3 Å². The third-order valence-electron chi connectivity index (χ3n) is 3.92. The number of ether oxygens (including phenoxy) is 3. The number of hydrogen-bond acceptors (Lipinski definition) is 5. The summed E-state index contributed by atoms with van der Waals surface area (Å²) in [6, 6.07) is 3.43. The van der Waals surface area contributed by atoms with E-state index in [9.17, 15) is 4.79 Å². The highest BCUT2D eigenvalue weighted by Gasteiger charge is 2.23. The monoisotopic (exact) mass is 338 g/mol. The Morgan fingerprint density at radius 2 is 2.30 bits per heavy atom. The highest BCUT2D eigenvalue weighted by atomic mass is 35.5. The van der Waals surface area contributed by atoms with Gasteiger partial charge in [-0.25, -0.2) is 9.78 Å². The molecule has 1 aromatic heterocycles. The van der Waals surface area contributed by atoms with E-state index in [2.05, 4.69) is 4.98 Å². The number of carbonyl (C=O) groups excluding carboxylic acids is 1. The Bertz CT molecular complexity index is 724. The zero-order chi connectivity index (χ0) is 16.4. The molecule has 1 unspecified atom stereocenters. The van der Waals surface area contributed by atoms with E-state index in [-0.39, 0.29) is 12.0 Å². The number of benzene rings is 1. The molecule has 0 aliphatic carbocycles. The molecule has 1 fully saturated rings. The molecule has 2 aromatic rings. The molecular formula is C16H19ClN2O4. The van der Waals surface area contributed by atoms with Crippen molar-refractivity contribution >= 4 is 28.6 Å². The molecule has 2 heterocycles. The van der Waals surface area contributed by atoms with Crippen LogP contribution in [0, 0.1) is 0 Å². The quantitative estimate of drug-likeness (QED) is 0.598. The number of methoxy groups -OCH3 is 1. The van der Waals surface area contributed by atoms with Crippen molar-refractivity contribution in [3.63, 3.8) is 0 Å². The Kier molecular flexibility index (Phi) is 4.73. The van der Waals surface area contributed by atoms with Crippen molar-refractivity contribution in [2.45, 2.75) is 31.9 Å². The van der Waals surface area contributed by atoms with Gasteiger partial charge in [-0.15, -0.1) is 11.6 Å². The molecule has 3 rings (SSSR count). The van der Waals surface area contributed by atoms with Gasteiger partial charge in [0.15, 0.2) is 0 Å². The summed E-state index contributed by atoms with van der Waals surface area (Å²) in [4.78, 5) is 16.5. The van der Waals surface area contributed by atoms with Crippen molar-refractivity contribution in [2.75, 3.05) is 20.3 Å². The maximum Gasteiger partial charge on any atom is 0.338 e. The lowest BCUT2D eigenvalue weighted by Gasteiger charge is -2.27. The number of fused-ring (bicyclic) bond motifs is 1. The van der Waals surface area contributed by atoms with Crippen molar-refractivity contribution in [3.8, 4) is 5.75 Å². The maximum absolute atomic E-state index is 11.9. The number of esters is 1. The van der Waals surface area contributed by atoms with Crippen molar-refractivity contribution < 1.29 is 19.0 Å². The first-order valence-electron chi connectivity index (χ1n) is 7.59. The third kappa shape index (κ3) is 3.01. The average Bonchev–Trinajstić information content (AvgIpc) is 2.88. The molecule has 124 valence electrons. The van der Waals surface area contributed by atoms with Crippen LogP contribution in [0.1, 0.15) is 29.5 Å². The summed E-state index contributed by atoms with van der Waals surface area (Å²) >= 11 is 6.05. The lowest BCUT2D eigenvalue weighted by molar-refractivity contribution is -0.0589. The SMILES string of the molecule is CCOc1cc(C(=O)OC)cc2c1nc(CCl)n2CC1CCO1. The minimum atomic E-state index is -0.409. The number of nitrogens with zero attached hydrogens (tertiary/aromatic N) is 2. The summed E-state index contributed by atoms with van der Waals surface area (Å²) in [5.41, 5.74) is 1.94. The molecule has 1 aromatic carbocycles. The first-order chi connectivity index (χ1) is 11.2. The molecular weight excluding hydrogens is 320 g/mol. The first-order valence-corrected chi connectivity index (χ1v) is 8.13. The lowest BCUT2D eigenvalue weighted by Crippen LogP contribution is -2.31. The van der Waals surface area contributed by atoms with E-state index in [0.29, 0.717) is 30.0 Å². The zero-order valence-electron chi connectivity index (χ0n) is 13.2. The van der Waals surface area contributed by atoms with Crippen LogP contribution in [0.25, 0.3) is 11.0 Å². The van der Waals surface area contributed by atoms with Gasteiger partial charge in [-0.05, 0) is 25.5 Å². The number of alkyl halides is 1. The Balaban J connectivity index is 2.14. The Hall–Kier alpha value is -1.79. The summed E-state index contributed by atoms with van der Waals surface area (Å²) in [7, 11) is 1.36. The fourth-order valence-electron chi connectivity index (χ4n) is 2.68. The molecule has 1 aliphatic heterocycles. The molecule has 0 saturated carbocycles.